The predicted molar refractivity (Wildman–Crippen MR) is 43.5 cm³/mol. The molecule has 1 rings (SSSR count). The van der Waals surface area contributed by atoms with Crippen LogP contribution < -0.4 is 5.32 Å². The fourth-order valence-electron chi connectivity index (χ4n) is 1.12. The maximum atomic E-state index is 9.74. The summed E-state index contributed by atoms with van der Waals surface area (Å²) in [4.78, 5) is 0. The normalized spacial score (nSPS) is 31.4. The zero-order valence-corrected chi connectivity index (χ0v) is 7.21. The van der Waals surface area contributed by atoms with Gasteiger partial charge in [-0.25, -0.2) is 0 Å². The van der Waals surface area contributed by atoms with Crippen LogP contribution in [0.15, 0.2) is 0 Å². The van der Waals surface area contributed by atoms with E-state index in [4.69, 9.17) is 10.00 Å². The van der Waals surface area contributed by atoms with Gasteiger partial charge in [0.25, 0.3) is 0 Å². The van der Waals surface area contributed by atoms with Gasteiger partial charge in [0.2, 0.25) is 0 Å². The van der Waals surface area contributed by atoms with E-state index in [9.17, 15) is 5.11 Å². The zero-order valence-electron chi connectivity index (χ0n) is 7.21. The highest BCUT2D eigenvalue weighted by molar-refractivity contribution is 4.91. The highest BCUT2D eigenvalue weighted by atomic mass is 16.5. The molecule has 1 heterocycles. The Bertz CT molecular complexity index is 182. The Morgan fingerprint density at radius 2 is 2.58 bits per heavy atom. The first-order chi connectivity index (χ1) is 5.66. The molecule has 2 atom stereocenters. The third-order valence-electron chi connectivity index (χ3n) is 2.01. The summed E-state index contributed by atoms with van der Waals surface area (Å²) < 4.78 is 5.05. The van der Waals surface area contributed by atoms with Crippen LogP contribution in [0.1, 0.15) is 13.3 Å². The Kier molecular flexibility index (Phi) is 3.04. The van der Waals surface area contributed by atoms with Crippen molar-refractivity contribution in [3.63, 3.8) is 0 Å². The van der Waals surface area contributed by atoms with Crippen molar-refractivity contribution in [1.82, 2.24) is 5.32 Å². The molecule has 1 aliphatic rings. The molecule has 1 saturated heterocycles. The molecule has 0 saturated carbocycles. The molecule has 0 aromatic heterocycles. The molecule has 12 heavy (non-hydrogen) atoms. The van der Waals surface area contributed by atoms with E-state index < -0.39 is 5.60 Å². The summed E-state index contributed by atoms with van der Waals surface area (Å²) in [5.74, 6) is 0. The molecule has 0 aromatic carbocycles. The second-order valence-electron chi connectivity index (χ2n) is 3.26. The summed E-state index contributed by atoms with van der Waals surface area (Å²) in [5.41, 5.74) is -0.759. The van der Waals surface area contributed by atoms with Gasteiger partial charge in [0.15, 0.2) is 0 Å². The number of nitrogens with one attached hydrogen (secondary N) is 1. The van der Waals surface area contributed by atoms with E-state index in [1.807, 2.05) is 6.07 Å². The van der Waals surface area contributed by atoms with Gasteiger partial charge in [-0.05, 0) is 6.92 Å². The molecule has 0 bridgehead atoms. The highest BCUT2D eigenvalue weighted by Gasteiger charge is 2.31. The van der Waals surface area contributed by atoms with Crippen molar-refractivity contribution < 1.29 is 9.84 Å². The number of nitriles is 1. The lowest BCUT2D eigenvalue weighted by Crippen LogP contribution is -2.43. The van der Waals surface area contributed by atoms with E-state index in [1.54, 1.807) is 6.92 Å². The third kappa shape index (κ3) is 2.45. The largest absolute Gasteiger partial charge is 0.386 e. The molecule has 0 spiro atoms. The van der Waals surface area contributed by atoms with Crippen LogP contribution in [-0.4, -0.2) is 36.5 Å². The van der Waals surface area contributed by atoms with E-state index in [-0.39, 0.29) is 6.04 Å². The van der Waals surface area contributed by atoms with Gasteiger partial charge in [-0.1, -0.05) is 0 Å². The second kappa shape index (κ2) is 3.85. The number of ether oxygens (including phenoxy) is 1. The van der Waals surface area contributed by atoms with Crippen LogP contribution in [0.3, 0.4) is 0 Å². The second-order valence-corrected chi connectivity index (χ2v) is 3.26. The summed E-state index contributed by atoms with van der Waals surface area (Å²) in [7, 11) is 0. The summed E-state index contributed by atoms with van der Waals surface area (Å²) in [6.45, 7) is 3.18. The minimum atomic E-state index is -0.759. The van der Waals surface area contributed by atoms with Gasteiger partial charge in [0.05, 0.1) is 18.7 Å². The molecule has 0 amide bonds. The van der Waals surface area contributed by atoms with E-state index in [0.29, 0.717) is 26.2 Å². The van der Waals surface area contributed by atoms with Crippen LogP contribution in [0, 0.1) is 11.3 Å². The monoisotopic (exact) mass is 170 g/mol. The van der Waals surface area contributed by atoms with Crippen molar-refractivity contribution in [1.29, 1.82) is 5.26 Å². The Balaban J connectivity index is 2.26. The minimum absolute atomic E-state index is 0.213. The molecule has 2 unspecified atom stereocenters. The minimum Gasteiger partial charge on any atom is -0.386 e. The van der Waals surface area contributed by atoms with Crippen LogP contribution in [0.2, 0.25) is 0 Å². The zero-order chi connectivity index (χ0) is 9.03. The fraction of sp³-hybridized carbons (Fsp3) is 0.875. The quantitative estimate of drug-likeness (QED) is 0.607. The first kappa shape index (κ1) is 9.46. The molecule has 0 radical (unpaired) electrons. The van der Waals surface area contributed by atoms with Crippen molar-refractivity contribution in [2.24, 2.45) is 0 Å². The van der Waals surface area contributed by atoms with Crippen molar-refractivity contribution in [3.8, 4) is 6.07 Å². The van der Waals surface area contributed by atoms with Gasteiger partial charge in [-0.2, -0.15) is 5.26 Å². The van der Waals surface area contributed by atoms with Gasteiger partial charge in [-0.15, -0.1) is 0 Å². The molecule has 2 N–H and O–H groups in total. The van der Waals surface area contributed by atoms with E-state index in [0.717, 1.165) is 0 Å². The van der Waals surface area contributed by atoms with E-state index in [2.05, 4.69) is 5.32 Å². The molecular formula is C8H14N2O2. The summed E-state index contributed by atoms with van der Waals surface area (Å²) >= 11 is 0. The number of rotatable bonds is 3. The van der Waals surface area contributed by atoms with Crippen molar-refractivity contribution in [2.75, 3.05) is 19.8 Å². The van der Waals surface area contributed by atoms with E-state index in [1.165, 1.54) is 0 Å². The lowest BCUT2D eigenvalue weighted by atomic mass is 10.0. The van der Waals surface area contributed by atoms with Crippen LogP contribution in [0.4, 0.5) is 0 Å². The summed E-state index contributed by atoms with van der Waals surface area (Å²) in [5, 5.41) is 21.1. The lowest BCUT2D eigenvalue weighted by molar-refractivity contribution is 0.0263. The van der Waals surface area contributed by atoms with Crippen LogP contribution in [0.5, 0.6) is 0 Å². The van der Waals surface area contributed by atoms with Crippen LogP contribution in [-0.2, 0) is 4.74 Å². The number of aliphatic hydroxyl groups is 1. The van der Waals surface area contributed by atoms with Crippen LogP contribution >= 0.6 is 0 Å². The van der Waals surface area contributed by atoms with Crippen molar-refractivity contribution >= 4 is 0 Å². The smallest absolute Gasteiger partial charge is 0.103 e. The number of hydrogen-bond acceptors (Lipinski definition) is 4. The van der Waals surface area contributed by atoms with Crippen molar-refractivity contribution in [2.45, 2.75) is 25.0 Å². The molecule has 4 nitrogen and oxygen atoms in total. The van der Waals surface area contributed by atoms with Gasteiger partial charge >= 0.3 is 0 Å². The molecule has 4 heteroatoms. The predicted octanol–water partition coefficient (Wildman–Crippen LogP) is -0.361. The van der Waals surface area contributed by atoms with E-state index >= 15 is 0 Å². The molecule has 1 fully saturated rings. The first-order valence-corrected chi connectivity index (χ1v) is 4.09. The highest BCUT2D eigenvalue weighted by Crippen LogP contribution is 2.16. The SMILES string of the molecule is CC(C#N)NCC1(O)CCOC1. The van der Waals surface area contributed by atoms with Crippen LogP contribution in [0.25, 0.3) is 0 Å². The summed E-state index contributed by atoms with van der Waals surface area (Å²) in [6.07, 6.45) is 0.651. The molecule has 68 valence electrons. The molecule has 0 aromatic rings. The Morgan fingerprint density at radius 3 is 3.08 bits per heavy atom. The fourth-order valence-corrected chi connectivity index (χ4v) is 1.12. The van der Waals surface area contributed by atoms with Gasteiger partial charge in [0, 0.05) is 19.6 Å². The number of nitrogens with zero attached hydrogens (tertiary/aromatic N) is 1. The number of hydrogen-bond donors (Lipinski definition) is 2. The Hall–Kier alpha value is -0.630. The average Bonchev–Trinajstić information content (AvgIpc) is 2.49. The average molecular weight is 170 g/mol. The molecule has 1 aliphatic heterocycles. The van der Waals surface area contributed by atoms with Gasteiger partial charge in [-0.3, -0.25) is 5.32 Å². The maximum Gasteiger partial charge on any atom is 0.103 e. The third-order valence-corrected chi connectivity index (χ3v) is 2.01. The van der Waals surface area contributed by atoms with Gasteiger partial charge in [0.1, 0.15) is 5.60 Å². The lowest BCUT2D eigenvalue weighted by Gasteiger charge is -2.21. The van der Waals surface area contributed by atoms with Gasteiger partial charge < -0.3 is 9.84 Å². The molecule has 0 aliphatic carbocycles. The Morgan fingerprint density at radius 1 is 1.83 bits per heavy atom. The standard InChI is InChI=1S/C8H14N2O2/c1-7(4-9)10-5-8(11)2-3-12-6-8/h7,10-11H,2-3,5-6H2,1H3. The van der Waals surface area contributed by atoms with Crippen molar-refractivity contribution in [3.05, 3.63) is 0 Å². The summed E-state index contributed by atoms with van der Waals surface area (Å²) in [6, 6.07) is 1.83. The first-order valence-electron chi connectivity index (χ1n) is 4.09. The molecular weight excluding hydrogens is 156 g/mol. The Labute approximate surface area is 72.1 Å². The maximum absolute atomic E-state index is 9.74. The topological polar surface area (TPSA) is 65.3 Å².